The Morgan fingerprint density at radius 3 is 2.59 bits per heavy atom. The smallest absolute Gasteiger partial charge is 0.0285 e. The van der Waals surface area contributed by atoms with Gasteiger partial charge in [-0.1, -0.05) is 33.6 Å². The van der Waals surface area contributed by atoms with E-state index in [0.717, 1.165) is 12.0 Å². The zero-order valence-corrected chi connectivity index (χ0v) is 13.0. The summed E-state index contributed by atoms with van der Waals surface area (Å²) in [6.07, 6.45) is 8.12. The minimum Gasteiger partial charge on any atom is -0.313 e. The summed E-state index contributed by atoms with van der Waals surface area (Å²) >= 11 is 2.20. The van der Waals surface area contributed by atoms with Crippen molar-refractivity contribution in [1.29, 1.82) is 0 Å². The molecule has 1 N–H and O–H groups in total. The number of hydrogen-bond acceptors (Lipinski definition) is 2. The van der Waals surface area contributed by atoms with Crippen LogP contribution in [0.25, 0.3) is 0 Å². The SMILES string of the molecule is CCCNC(CC(C)CCC)C1(C)CCCS1. The van der Waals surface area contributed by atoms with Gasteiger partial charge in [0.2, 0.25) is 0 Å². The monoisotopic (exact) mass is 257 g/mol. The molecule has 3 atom stereocenters. The van der Waals surface area contributed by atoms with E-state index in [-0.39, 0.29) is 0 Å². The highest BCUT2D eigenvalue weighted by atomic mass is 32.2. The second-order valence-electron chi connectivity index (χ2n) is 5.90. The second kappa shape index (κ2) is 7.68. The standard InChI is InChI=1S/C15H31NS/c1-5-8-13(3)12-14(16-10-6-2)15(4)9-7-11-17-15/h13-14,16H,5-12H2,1-4H3. The summed E-state index contributed by atoms with van der Waals surface area (Å²) in [4.78, 5) is 0. The molecule has 17 heavy (non-hydrogen) atoms. The fourth-order valence-electron chi connectivity index (χ4n) is 2.96. The predicted octanol–water partition coefficient (Wildman–Crippen LogP) is 4.47. The van der Waals surface area contributed by atoms with E-state index in [0.29, 0.717) is 4.75 Å². The third kappa shape index (κ3) is 4.82. The van der Waals surface area contributed by atoms with E-state index in [2.05, 4.69) is 44.8 Å². The minimum absolute atomic E-state index is 0.497. The van der Waals surface area contributed by atoms with Crippen LogP contribution in [-0.4, -0.2) is 23.1 Å². The number of hydrogen-bond donors (Lipinski definition) is 1. The van der Waals surface area contributed by atoms with Gasteiger partial charge < -0.3 is 5.32 Å². The van der Waals surface area contributed by atoms with E-state index < -0.39 is 0 Å². The van der Waals surface area contributed by atoms with Gasteiger partial charge in [0.1, 0.15) is 0 Å². The Balaban J connectivity index is 2.52. The molecule has 1 aliphatic rings. The summed E-state index contributed by atoms with van der Waals surface area (Å²) in [6, 6.07) is 0.719. The van der Waals surface area contributed by atoms with Crippen molar-refractivity contribution < 1.29 is 0 Å². The number of nitrogens with one attached hydrogen (secondary N) is 1. The molecule has 1 saturated heterocycles. The van der Waals surface area contributed by atoms with Gasteiger partial charge >= 0.3 is 0 Å². The molecule has 0 bridgehead atoms. The predicted molar refractivity (Wildman–Crippen MR) is 80.9 cm³/mol. The van der Waals surface area contributed by atoms with Gasteiger partial charge in [-0.25, -0.2) is 0 Å². The third-order valence-electron chi connectivity index (χ3n) is 4.05. The average Bonchev–Trinajstić information content (AvgIpc) is 2.73. The molecule has 3 unspecified atom stereocenters. The lowest BCUT2D eigenvalue weighted by atomic mass is 9.87. The molecule has 102 valence electrons. The summed E-state index contributed by atoms with van der Waals surface area (Å²) in [5.74, 6) is 2.23. The van der Waals surface area contributed by atoms with Crippen LogP contribution in [0.1, 0.15) is 66.2 Å². The first kappa shape index (κ1) is 15.4. The first-order chi connectivity index (χ1) is 8.12. The summed E-state index contributed by atoms with van der Waals surface area (Å²) in [5.41, 5.74) is 0. The summed E-state index contributed by atoms with van der Waals surface area (Å²) in [7, 11) is 0. The topological polar surface area (TPSA) is 12.0 Å². The van der Waals surface area contributed by atoms with Gasteiger partial charge in [-0.2, -0.15) is 11.8 Å². The van der Waals surface area contributed by atoms with E-state index >= 15 is 0 Å². The summed E-state index contributed by atoms with van der Waals surface area (Å²) in [5, 5.41) is 3.82. The van der Waals surface area contributed by atoms with Gasteiger partial charge in [0, 0.05) is 10.8 Å². The highest BCUT2D eigenvalue weighted by Gasteiger charge is 2.37. The van der Waals surface area contributed by atoms with Crippen LogP contribution in [0.5, 0.6) is 0 Å². The molecular weight excluding hydrogens is 226 g/mol. The van der Waals surface area contributed by atoms with E-state index in [4.69, 9.17) is 0 Å². The average molecular weight is 257 g/mol. The van der Waals surface area contributed by atoms with E-state index in [1.165, 1.54) is 50.8 Å². The normalized spacial score (nSPS) is 28.2. The Kier molecular flexibility index (Phi) is 6.94. The molecular formula is C15H31NS. The molecule has 2 heteroatoms. The number of rotatable bonds is 8. The summed E-state index contributed by atoms with van der Waals surface area (Å²) < 4.78 is 0.497. The quantitative estimate of drug-likeness (QED) is 0.688. The zero-order valence-electron chi connectivity index (χ0n) is 12.2. The molecule has 0 spiro atoms. The van der Waals surface area contributed by atoms with Gasteiger partial charge in [0.05, 0.1) is 0 Å². The highest BCUT2D eigenvalue weighted by molar-refractivity contribution is 8.00. The van der Waals surface area contributed by atoms with Crippen molar-refractivity contribution in [3.05, 3.63) is 0 Å². The van der Waals surface area contributed by atoms with Crippen LogP contribution < -0.4 is 5.32 Å². The highest BCUT2D eigenvalue weighted by Crippen LogP contribution is 2.42. The molecule has 0 aromatic rings. The Hall–Kier alpha value is 0.310. The van der Waals surface area contributed by atoms with Crippen molar-refractivity contribution in [1.82, 2.24) is 5.32 Å². The largest absolute Gasteiger partial charge is 0.313 e. The molecule has 1 heterocycles. The zero-order chi connectivity index (χ0) is 12.7. The van der Waals surface area contributed by atoms with E-state index in [9.17, 15) is 0 Å². The van der Waals surface area contributed by atoms with Gasteiger partial charge in [0.25, 0.3) is 0 Å². The van der Waals surface area contributed by atoms with Gasteiger partial charge in [-0.3, -0.25) is 0 Å². The Morgan fingerprint density at radius 1 is 1.29 bits per heavy atom. The van der Waals surface area contributed by atoms with Crippen LogP contribution in [0.4, 0.5) is 0 Å². The van der Waals surface area contributed by atoms with Crippen molar-refractivity contribution in [2.75, 3.05) is 12.3 Å². The Bertz CT molecular complexity index is 199. The van der Waals surface area contributed by atoms with Crippen LogP contribution in [-0.2, 0) is 0 Å². The van der Waals surface area contributed by atoms with Gasteiger partial charge in [0.15, 0.2) is 0 Å². The van der Waals surface area contributed by atoms with Crippen LogP contribution in [0.2, 0.25) is 0 Å². The van der Waals surface area contributed by atoms with Crippen LogP contribution >= 0.6 is 11.8 Å². The third-order valence-corrected chi connectivity index (χ3v) is 5.69. The maximum Gasteiger partial charge on any atom is 0.0285 e. The van der Waals surface area contributed by atoms with Gasteiger partial charge in [-0.15, -0.1) is 0 Å². The molecule has 0 radical (unpaired) electrons. The van der Waals surface area contributed by atoms with E-state index in [1.54, 1.807) is 0 Å². The molecule has 1 aliphatic heterocycles. The fraction of sp³-hybridized carbons (Fsp3) is 1.00. The lowest BCUT2D eigenvalue weighted by molar-refractivity contribution is 0.323. The Morgan fingerprint density at radius 2 is 2.06 bits per heavy atom. The second-order valence-corrected chi connectivity index (χ2v) is 7.53. The molecule has 0 aromatic heterocycles. The van der Waals surface area contributed by atoms with Gasteiger partial charge in [-0.05, 0) is 50.8 Å². The van der Waals surface area contributed by atoms with Crippen molar-refractivity contribution in [2.45, 2.75) is 77.0 Å². The Labute approximate surface area is 113 Å². The first-order valence-electron chi connectivity index (χ1n) is 7.49. The van der Waals surface area contributed by atoms with Crippen molar-refractivity contribution >= 4 is 11.8 Å². The van der Waals surface area contributed by atoms with Crippen LogP contribution in [0, 0.1) is 5.92 Å². The molecule has 0 aromatic carbocycles. The minimum atomic E-state index is 0.497. The van der Waals surface area contributed by atoms with Crippen LogP contribution in [0.3, 0.4) is 0 Å². The summed E-state index contributed by atoms with van der Waals surface area (Å²) in [6.45, 7) is 10.7. The number of thioether (sulfide) groups is 1. The van der Waals surface area contributed by atoms with Crippen molar-refractivity contribution in [2.24, 2.45) is 5.92 Å². The maximum absolute atomic E-state index is 3.82. The molecule has 0 amide bonds. The molecule has 1 fully saturated rings. The van der Waals surface area contributed by atoms with Crippen molar-refractivity contribution in [3.63, 3.8) is 0 Å². The van der Waals surface area contributed by atoms with E-state index in [1.807, 2.05) is 0 Å². The fourth-order valence-corrected chi connectivity index (χ4v) is 4.38. The molecule has 1 rings (SSSR count). The maximum atomic E-state index is 3.82. The molecule has 0 saturated carbocycles. The van der Waals surface area contributed by atoms with Crippen LogP contribution in [0.15, 0.2) is 0 Å². The lowest BCUT2D eigenvalue weighted by Crippen LogP contribution is -2.46. The molecule has 1 nitrogen and oxygen atoms in total. The molecule has 0 aliphatic carbocycles. The van der Waals surface area contributed by atoms with Crippen molar-refractivity contribution in [3.8, 4) is 0 Å². The first-order valence-corrected chi connectivity index (χ1v) is 8.48. The lowest BCUT2D eigenvalue weighted by Gasteiger charge is -2.36.